The first kappa shape index (κ1) is 16.6. The molecule has 0 saturated heterocycles. The molecule has 0 spiro atoms. The summed E-state index contributed by atoms with van der Waals surface area (Å²) >= 11 is 3.15. The van der Waals surface area contributed by atoms with Crippen LogP contribution in [0.5, 0.6) is 0 Å². The van der Waals surface area contributed by atoms with Gasteiger partial charge >= 0.3 is 5.97 Å². The van der Waals surface area contributed by atoms with E-state index in [0.29, 0.717) is 4.47 Å². The second-order valence-electron chi connectivity index (χ2n) is 4.64. The predicted octanol–water partition coefficient (Wildman–Crippen LogP) is 2.20. The van der Waals surface area contributed by atoms with Crippen LogP contribution in [0.15, 0.2) is 22.7 Å². The van der Waals surface area contributed by atoms with Gasteiger partial charge in [-0.25, -0.2) is 4.39 Å². The van der Waals surface area contributed by atoms with Crippen molar-refractivity contribution in [3.8, 4) is 0 Å². The Morgan fingerprint density at radius 1 is 1.50 bits per heavy atom. The lowest BCUT2D eigenvalue weighted by Crippen LogP contribution is -2.51. The number of aliphatic carboxylic acids is 1. The second kappa shape index (κ2) is 6.81. The molecular weight excluding hydrogens is 333 g/mol. The zero-order chi connectivity index (χ0) is 15.3. The van der Waals surface area contributed by atoms with E-state index in [4.69, 9.17) is 9.84 Å². The highest BCUT2D eigenvalue weighted by Gasteiger charge is 2.30. The number of hydrogen-bond acceptors (Lipinski definition) is 3. The number of nitrogens with one attached hydrogen (secondary N) is 1. The van der Waals surface area contributed by atoms with Crippen LogP contribution in [0, 0.1) is 5.82 Å². The fourth-order valence-corrected chi connectivity index (χ4v) is 2.16. The van der Waals surface area contributed by atoms with Crippen LogP contribution in [-0.4, -0.2) is 36.2 Å². The number of carboxylic acids is 1. The molecule has 1 unspecified atom stereocenters. The molecule has 0 aliphatic carbocycles. The van der Waals surface area contributed by atoms with Crippen LogP contribution in [-0.2, 0) is 9.53 Å². The van der Waals surface area contributed by atoms with E-state index >= 15 is 0 Å². The van der Waals surface area contributed by atoms with Crippen LogP contribution in [0.1, 0.15) is 23.7 Å². The zero-order valence-electron chi connectivity index (χ0n) is 11.1. The van der Waals surface area contributed by atoms with Crippen molar-refractivity contribution < 1.29 is 23.8 Å². The molecule has 1 amide bonds. The number of rotatable bonds is 6. The lowest BCUT2D eigenvalue weighted by atomic mass is 9.98. The first-order valence-electron chi connectivity index (χ1n) is 5.76. The SMILES string of the molecule is COCC(C)(CC(=O)O)NC(=O)c1cc(Br)ccc1F. The smallest absolute Gasteiger partial charge is 0.305 e. The van der Waals surface area contributed by atoms with E-state index in [0.717, 1.165) is 6.07 Å². The lowest BCUT2D eigenvalue weighted by Gasteiger charge is -2.28. The predicted molar refractivity (Wildman–Crippen MR) is 74.1 cm³/mol. The Bertz CT molecular complexity index is 523. The lowest BCUT2D eigenvalue weighted by molar-refractivity contribution is -0.139. The summed E-state index contributed by atoms with van der Waals surface area (Å²) in [7, 11) is 1.39. The van der Waals surface area contributed by atoms with E-state index in [-0.39, 0.29) is 18.6 Å². The van der Waals surface area contributed by atoms with E-state index in [2.05, 4.69) is 21.2 Å². The van der Waals surface area contributed by atoms with Crippen molar-refractivity contribution in [1.82, 2.24) is 5.32 Å². The molecule has 0 aromatic heterocycles. The van der Waals surface area contributed by atoms with Gasteiger partial charge in [-0.2, -0.15) is 0 Å². The summed E-state index contributed by atoms with van der Waals surface area (Å²) in [5, 5.41) is 11.4. The second-order valence-corrected chi connectivity index (χ2v) is 5.56. The monoisotopic (exact) mass is 347 g/mol. The number of hydrogen-bond donors (Lipinski definition) is 2. The number of carbonyl (C=O) groups is 2. The molecule has 0 heterocycles. The number of amides is 1. The van der Waals surface area contributed by atoms with Crippen molar-refractivity contribution in [3.05, 3.63) is 34.1 Å². The quantitative estimate of drug-likeness (QED) is 0.827. The third kappa shape index (κ3) is 4.57. The molecule has 7 heteroatoms. The van der Waals surface area contributed by atoms with Gasteiger partial charge in [0.25, 0.3) is 5.91 Å². The molecule has 1 aromatic rings. The van der Waals surface area contributed by atoms with Gasteiger partial charge in [0.05, 0.1) is 24.1 Å². The summed E-state index contributed by atoms with van der Waals surface area (Å²) in [5.41, 5.74) is -1.28. The van der Waals surface area contributed by atoms with Crippen molar-refractivity contribution in [2.45, 2.75) is 18.9 Å². The van der Waals surface area contributed by atoms with Crippen molar-refractivity contribution in [2.75, 3.05) is 13.7 Å². The Morgan fingerprint density at radius 2 is 2.15 bits per heavy atom. The molecule has 2 N–H and O–H groups in total. The van der Waals surface area contributed by atoms with Gasteiger partial charge in [-0.15, -0.1) is 0 Å². The maximum absolute atomic E-state index is 13.6. The Kier molecular flexibility index (Phi) is 5.64. The standard InChI is InChI=1S/C13H15BrFNO4/c1-13(7-20-2,6-11(17)18)16-12(19)9-5-8(14)3-4-10(9)15/h3-5H,6-7H2,1-2H3,(H,16,19)(H,17,18). The normalized spacial score (nSPS) is 13.6. The van der Waals surface area contributed by atoms with Crippen LogP contribution in [0.4, 0.5) is 4.39 Å². The summed E-state index contributed by atoms with van der Waals surface area (Å²) in [5.74, 6) is -2.45. The minimum absolute atomic E-state index is 0.000657. The molecule has 0 fully saturated rings. The highest BCUT2D eigenvalue weighted by molar-refractivity contribution is 9.10. The van der Waals surface area contributed by atoms with Gasteiger partial charge in [-0.05, 0) is 25.1 Å². The van der Waals surface area contributed by atoms with Gasteiger partial charge in [-0.1, -0.05) is 15.9 Å². The van der Waals surface area contributed by atoms with Crippen molar-refractivity contribution in [1.29, 1.82) is 0 Å². The molecule has 20 heavy (non-hydrogen) atoms. The molecule has 1 rings (SSSR count). The topological polar surface area (TPSA) is 75.6 Å². The van der Waals surface area contributed by atoms with Crippen LogP contribution in [0.25, 0.3) is 0 Å². The molecule has 0 radical (unpaired) electrons. The highest BCUT2D eigenvalue weighted by Crippen LogP contribution is 2.18. The Balaban J connectivity index is 2.95. The average molecular weight is 348 g/mol. The van der Waals surface area contributed by atoms with E-state index in [1.165, 1.54) is 26.2 Å². The first-order chi connectivity index (χ1) is 9.27. The van der Waals surface area contributed by atoms with Crippen molar-refractivity contribution >= 4 is 27.8 Å². The van der Waals surface area contributed by atoms with Crippen LogP contribution < -0.4 is 5.32 Å². The maximum Gasteiger partial charge on any atom is 0.305 e. The Morgan fingerprint density at radius 3 is 2.70 bits per heavy atom. The Labute approximate surface area is 124 Å². The molecule has 0 aliphatic rings. The molecule has 0 bridgehead atoms. The third-order valence-corrected chi connectivity index (χ3v) is 3.09. The largest absolute Gasteiger partial charge is 0.481 e. The zero-order valence-corrected chi connectivity index (χ0v) is 12.7. The third-order valence-electron chi connectivity index (χ3n) is 2.59. The van der Waals surface area contributed by atoms with Gasteiger partial charge in [0, 0.05) is 11.6 Å². The molecule has 110 valence electrons. The van der Waals surface area contributed by atoms with Crippen LogP contribution in [0.2, 0.25) is 0 Å². The fraction of sp³-hybridized carbons (Fsp3) is 0.385. The van der Waals surface area contributed by atoms with Gasteiger partial charge in [0.15, 0.2) is 0 Å². The molecule has 5 nitrogen and oxygen atoms in total. The molecular formula is C13H15BrFNO4. The van der Waals surface area contributed by atoms with E-state index in [1.807, 2.05) is 0 Å². The number of benzene rings is 1. The maximum atomic E-state index is 13.6. The average Bonchev–Trinajstić information content (AvgIpc) is 2.30. The fourth-order valence-electron chi connectivity index (χ4n) is 1.80. The number of ether oxygens (including phenoxy) is 1. The number of methoxy groups -OCH3 is 1. The highest BCUT2D eigenvalue weighted by atomic mass is 79.9. The molecule has 1 aromatic carbocycles. The van der Waals surface area contributed by atoms with Gasteiger partial charge in [0.1, 0.15) is 5.82 Å². The number of carboxylic acid groups (broad SMARTS) is 1. The Hall–Kier alpha value is -1.47. The summed E-state index contributed by atoms with van der Waals surface area (Å²) in [6.07, 6.45) is -0.331. The minimum Gasteiger partial charge on any atom is -0.481 e. The van der Waals surface area contributed by atoms with E-state index in [9.17, 15) is 14.0 Å². The molecule has 0 aliphatic heterocycles. The number of halogens is 2. The summed E-state index contributed by atoms with van der Waals surface area (Å²) in [6, 6.07) is 3.96. The van der Waals surface area contributed by atoms with Crippen LogP contribution >= 0.6 is 15.9 Å². The summed E-state index contributed by atoms with van der Waals surface area (Å²) in [6.45, 7) is 1.53. The van der Waals surface area contributed by atoms with Crippen molar-refractivity contribution in [2.24, 2.45) is 0 Å². The van der Waals surface area contributed by atoms with Crippen LogP contribution in [0.3, 0.4) is 0 Å². The summed E-state index contributed by atoms with van der Waals surface area (Å²) in [4.78, 5) is 22.9. The van der Waals surface area contributed by atoms with E-state index in [1.54, 1.807) is 0 Å². The van der Waals surface area contributed by atoms with Gasteiger partial charge < -0.3 is 15.2 Å². The van der Waals surface area contributed by atoms with Gasteiger partial charge in [-0.3, -0.25) is 9.59 Å². The first-order valence-corrected chi connectivity index (χ1v) is 6.55. The number of carbonyl (C=O) groups excluding carboxylic acids is 1. The van der Waals surface area contributed by atoms with E-state index < -0.39 is 23.2 Å². The molecule has 1 atom stereocenters. The van der Waals surface area contributed by atoms with Crippen molar-refractivity contribution in [3.63, 3.8) is 0 Å². The summed E-state index contributed by atoms with van der Waals surface area (Å²) < 4.78 is 19.1. The molecule has 0 saturated carbocycles. The van der Waals surface area contributed by atoms with Gasteiger partial charge in [0.2, 0.25) is 0 Å². The minimum atomic E-state index is -1.12.